The molecule has 0 N–H and O–H groups in total. The summed E-state index contributed by atoms with van der Waals surface area (Å²) in [6.07, 6.45) is 4.50. The van der Waals surface area contributed by atoms with E-state index >= 15 is 0 Å². The van der Waals surface area contributed by atoms with Crippen LogP contribution in [0.1, 0.15) is 5.56 Å². The third-order valence-corrected chi connectivity index (χ3v) is 18.7. The van der Waals surface area contributed by atoms with Crippen molar-refractivity contribution in [3.63, 3.8) is 0 Å². The lowest BCUT2D eigenvalue weighted by Crippen LogP contribution is -2.74. The molecule has 0 bridgehead atoms. The highest BCUT2D eigenvalue weighted by molar-refractivity contribution is 7.79. The summed E-state index contributed by atoms with van der Waals surface area (Å²) in [5.41, 5.74) is 9.00. The molecule has 0 aliphatic carbocycles. The van der Waals surface area contributed by atoms with Gasteiger partial charge in [0.25, 0.3) is 0 Å². The van der Waals surface area contributed by atoms with Gasteiger partial charge in [0.05, 0.1) is 11.0 Å². The van der Waals surface area contributed by atoms with Crippen LogP contribution in [0.4, 0.5) is 0 Å². The van der Waals surface area contributed by atoms with Crippen LogP contribution in [0.3, 0.4) is 0 Å². The average Bonchev–Trinajstić information content (AvgIpc) is 4.09. The van der Waals surface area contributed by atoms with Crippen molar-refractivity contribution in [2.75, 3.05) is 0 Å². The maximum Gasteiger partial charge on any atom is 0.188 e. The van der Waals surface area contributed by atoms with Crippen molar-refractivity contribution in [2.45, 2.75) is 6.92 Å². The molecule has 0 saturated heterocycles. The van der Waals surface area contributed by atoms with Gasteiger partial charge in [-0.05, 0) is 70.6 Å². The fourth-order valence-electron chi connectivity index (χ4n) is 9.20. The van der Waals surface area contributed by atoms with E-state index < -0.39 is 16.0 Å². The molecule has 0 fully saturated rings. The third kappa shape index (κ3) is 4.17. The van der Waals surface area contributed by atoms with E-state index in [0.29, 0.717) is 0 Å². The molecule has 12 aromatic rings. The van der Waals surface area contributed by atoms with Crippen molar-refractivity contribution in [1.82, 2.24) is 19.1 Å². The molecule has 6 heterocycles. The molecule has 0 spiro atoms. The van der Waals surface area contributed by atoms with Crippen LogP contribution in [0.5, 0.6) is 0 Å². The first-order valence-electron chi connectivity index (χ1n) is 18.5. The Kier molecular flexibility index (Phi) is 6.45. The minimum Gasteiger partial charge on any atom is -0.354 e. The predicted molar refractivity (Wildman–Crippen MR) is 228 cm³/mol. The monoisotopic (exact) mass is 742 g/mol. The van der Waals surface area contributed by atoms with Crippen LogP contribution in [-0.2, 0) is 0 Å². The van der Waals surface area contributed by atoms with Crippen molar-refractivity contribution >= 4 is 108 Å². The molecule has 0 aliphatic rings. The zero-order valence-electron chi connectivity index (χ0n) is 29.7. The molecule has 260 valence electrons. The van der Waals surface area contributed by atoms with Crippen LogP contribution < -0.4 is 36.7 Å². The number of nitrogens with zero attached hydrogens (tertiary/aromatic N) is 4. The lowest BCUT2D eigenvalue weighted by Gasteiger charge is -2.33. The molecule has 6 aromatic heterocycles. The van der Waals surface area contributed by atoms with Gasteiger partial charge >= 0.3 is 0 Å². The van der Waals surface area contributed by atoms with Crippen LogP contribution in [-0.4, -0.2) is 27.2 Å². The van der Waals surface area contributed by atoms with Gasteiger partial charge in [0.2, 0.25) is 0 Å². The van der Waals surface area contributed by atoms with Crippen molar-refractivity contribution < 1.29 is 9.05 Å². The molecule has 0 aliphatic heterocycles. The predicted octanol–water partition coefficient (Wildman–Crippen LogP) is 7.10. The Balaban J connectivity index is 1.08. The molecule has 12 rings (SSSR count). The summed E-state index contributed by atoms with van der Waals surface area (Å²) in [7, 11) is -3.76. The number of benzene rings is 6. The SMILES string of the molecule is Cc1cn2c3ccc(P(c4ccccc4)c4ccc5c(c4)c4noc6c([Si](c7ccccc7)(c7ccccc7)c7ccccc7)cn5c64)cc3c3noc1c32. The highest BCUT2D eigenvalue weighted by Gasteiger charge is 2.45. The molecular formula is C47H31N4O2PSi. The fraction of sp³-hybridized carbons (Fsp3) is 0.0213. The van der Waals surface area contributed by atoms with Crippen molar-refractivity contribution in [1.29, 1.82) is 0 Å². The first kappa shape index (κ1) is 30.9. The highest BCUT2D eigenvalue weighted by Crippen LogP contribution is 2.40. The Morgan fingerprint density at radius 3 is 1.47 bits per heavy atom. The van der Waals surface area contributed by atoms with Crippen molar-refractivity contribution in [3.8, 4) is 0 Å². The average molecular weight is 743 g/mol. The molecule has 55 heavy (non-hydrogen) atoms. The molecule has 0 saturated carbocycles. The normalized spacial score (nSPS) is 13.1. The summed E-state index contributed by atoms with van der Waals surface area (Å²) < 4.78 is 16.8. The summed E-state index contributed by atoms with van der Waals surface area (Å²) in [6, 6.07) is 57.6. The Morgan fingerprint density at radius 1 is 0.491 bits per heavy atom. The van der Waals surface area contributed by atoms with Gasteiger partial charge in [-0.1, -0.05) is 144 Å². The zero-order chi connectivity index (χ0) is 36.3. The van der Waals surface area contributed by atoms with E-state index in [0.717, 1.165) is 60.6 Å². The van der Waals surface area contributed by atoms with Gasteiger partial charge in [-0.25, -0.2) is 0 Å². The number of aryl methyl sites for hydroxylation is 1. The number of rotatable bonds is 7. The van der Waals surface area contributed by atoms with E-state index in [-0.39, 0.29) is 0 Å². The lowest BCUT2D eigenvalue weighted by atomic mass is 10.2. The number of hydrogen-bond acceptors (Lipinski definition) is 4. The summed E-state index contributed by atoms with van der Waals surface area (Å²) in [4.78, 5) is 0. The van der Waals surface area contributed by atoms with Crippen LogP contribution in [0.2, 0.25) is 0 Å². The molecule has 8 heteroatoms. The topological polar surface area (TPSA) is 60.9 Å². The fourth-order valence-corrected chi connectivity index (χ4v) is 16.4. The summed E-state index contributed by atoms with van der Waals surface area (Å²) in [5, 5.41) is 20.5. The van der Waals surface area contributed by atoms with Crippen LogP contribution in [0, 0.1) is 6.92 Å². The lowest BCUT2D eigenvalue weighted by molar-refractivity contribution is 0.464. The van der Waals surface area contributed by atoms with E-state index in [2.05, 4.69) is 191 Å². The first-order chi connectivity index (χ1) is 27.2. The molecule has 1 atom stereocenters. The molecule has 6 aromatic carbocycles. The van der Waals surface area contributed by atoms with Crippen molar-refractivity contribution in [2.24, 2.45) is 0 Å². The third-order valence-electron chi connectivity index (χ3n) is 11.5. The number of aromatic nitrogens is 4. The van der Waals surface area contributed by atoms with Gasteiger partial charge in [-0.2, -0.15) is 0 Å². The summed E-state index contributed by atoms with van der Waals surface area (Å²) in [5.74, 6) is 0. The van der Waals surface area contributed by atoms with Gasteiger partial charge in [0.1, 0.15) is 22.1 Å². The Hall–Kier alpha value is -6.53. The second kappa shape index (κ2) is 11.5. The largest absolute Gasteiger partial charge is 0.354 e. The minimum absolute atomic E-state index is 0.859. The smallest absolute Gasteiger partial charge is 0.188 e. The molecule has 0 amide bonds. The molecule has 6 nitrogen and oxygen atoms in total. The second-order valence-electron chi connectivity index (χ2n) is 14.4. The van der Waals surface area contributed by atoms with Gasteiger partial charge in [0, 0.05) is 33.9 Å². The van der Waals surface area contributed by atoms with E-state index in [1.165, 1.54) is 36.7 Å². The second-order valence-corrected chi connectivity index (χ2v) is 20.4. The first-order valence-corrected chi connectivity index (χ1v) is 21.8. The Labute approximate surface area is 317 Å². The molecule has 1 unspecified atom stereocenters. The zero-order valence-corrected chi connectivity index (χ0v) is 31.6. The van der Waals surface area contributed by atoms with Crippen LogP contribution in [0.25, 0.3) is 55.0 Å². The van der Waals surface area contributed by atoms with Crippen LogP contribution >= 0.6 is 7.92 Å². The van der Waals surface area contributed by atoms with E-state index in [1.54, 1.807) is 0 Å². The van der Waals surface area contributed by atoms with Gasteiger partial charge < -0.3 is 17.8 Å². The van der Waals surface area contributed by atoms with Crippen LogP contribution in [0.15, 0.2) is 179 Å². The maximum atomic E-state index is 6.50. The van der Waals surface area contributed by atoms with Gasteiger partial charge in [0.15, 0.2) is 19.2 Å². The Bertz CT molecular complexity index is 3230. The van der Waals surface area contributed by atoms with Gasteiger partial charge in [-0.3, -0.25) is 0 Å². The summed E-state index contributed by atoms with van der Waals surface area (Å²) >= 11 is 0. The van der Waals surface area contributed by atoms with E-state index in [4.69, 9.17) is 14.2 Å². The van der Waals surface area contributed by atoms with E-state index in [9.17, 15) is 0 Å². The molecular weight excluding hydrogens is 712 g/mol. The maximum absolute atomic E-state index is 6.50. The Morgan fingerprint density at radius 2 is 0.945 bits per heavy atom. The van der Waals surface area contributed by atoms with Gasteiger partial charge in [-0.15, -0.1) is 0 Å². The quantitative estimate of drug-likeness (QED) is 0.0994. The summed E-state index contributed by atoms with van der Waals surface area (Å²) in [6.45, 7) is 2.07. The van der Waals surface area contributed by atoms with E-state index in [1.807, 2.05) is 0 Å². The van der Waals surface area contributed by atoms with Crippen molar-refractivity contribution in [3.05, 3.63) is 176 Å². The number of fused-ring (bicyclic) bond motifs is 6. The minimum atomic E-state index is -2.84. The number of hydrogen-bond donors (Lipinski definition) is 0. The highest BCUT2D eigenvalue weighted by atomic mass is 31.1. The standard InChI is InChI=1S/C47H31N4O2PSi/c1-30-28-50-39-24-22-32(26-37(39)42-44(50)46(30)52-48-42)54(31-14-6-2-7-15-31)33-23-25-40-38(27-33)43-45-47(53-49-43)41(29-51(40)45)55(34-16-8-3-9-17-34,35-18-10-4-11-19-35)36-20-12-5-13-21-36/h2-29H,1H3. The molecule has 0 radical (unpaired) electrons.